The zero-order valence-electron chi connectivity index (χ0n) is 11.8. The zero-order chi connectivity index (χ0) is 15.4. The number of pyridine rings is 1. The molecule has 0 spiro atoms. The van der Waals surface area contributed by atoms with Crippen LogP contribution in [-0.4, -0.2) is 26.7 Å². The molecule has 0 radical (unpaired) electrons. The first-order valence-electron chi connectivity index (χ1n) is 6.93. The molecule has 22 heavy (non-hydrogen) atoms. The Bertz CT molecular complexity index is 714. The SMILES string of the molecule is O=C1C(=Cc2ccncc2)SC(=S)N1CCc1ccccc1. The minimum Gasteiger partial charge on any atom is -0.293 e. The fraction of sp³-hybridized carbons (Fsp3) is 0.118. The van der Waals surface area contributed by atoms with Gasteiger partial charge < -0.3 is 0 Å². The summed E-state index contributed by atoms with van der Waals surface area (Å²) in [5.41, 5.74) is 2.16. The standard InChI is InChI=1S/C17H14N2OS2/c20-16-15(12-14-6-9-18-10-7-14)22-17(21)19(16)11-8-13-4-2-1-3-5-13/h1-7,9-10,12H,8,11H2. The largest absolute Gasteiger partial charge is 0.293 e. The second-order valence-corrected chi connectivity index (χ2v) is 6.53. The number of hydrogen-bond acceptors (Lipinski definition) is 4. The van der Waals surface area contributed by atoms with E-state index in [-0.39, 0.29) is 5.91 Å². The molecule has 3 rings (SSSR count). The Morgan fingerprint density at radius 2 is 1.86 bits per heavy atom. The third-order valence-corrected chi connectivity index (χ3v) is 4.72. The van der Waals surface area contributed by atoms with E-state index in [1.165, 1.54) is 17.3 Å². The summed E-state index contributed by atoms with van der Waals surface area (Å²) < 4.78 is 0.626. The Kier molecular flexibility index (Phi) is 4.65. The molecule has 2 heterocycles. The predicted octanol–water partition coefficient (Wildman–Crippen LogP) is 3.53. The highest BCUT2D eigenvalue weighted by Crippen LogP contribution is 2.32. The van der Waals surface area contributed by atoms with Gasteiger partial charge in [0.1, 0.15) is 4.32 Å². The Labute approximate surface area is 139 Å². The number of nitrogens with zero attached hydrogens (tertiary/aromatic N) is 2. The van der Waals surface area contributed by atoms with Gasteiger partial charge >= 0.3 is 0 Å². The number of amides is 1. The van der Waals surface area contributed by atoms with Crippen LogP contribution < -0.4 is 0 Å². The summed E-state index contributed by atoms with van der Waals surface area (Å²) in [7, 11) is 0. The van der Waals surface area contributed by atoms with Crippen molar-refractivity contribution in [1.82, 2.24) is 9.88 Å². The van der Waals surface area contributed by atoms with Crippen molar-refractivity contribution in [2.75, 3.05) is 6.54 Å². The molecule has 1 aliphatic heterocycles. The van der Waals surface area contributed by atoms with Crippen LogP contribution in [0.25, 0.3) is 6.08 Å². The number of carbonyl (C=O) groups is 1. The van der Waals surface area contributed by atoms with E-state index in [1.54, 1.807) is 17.3 Å². The number of thioether (sulfide) groups is 1. The van der Waals surface area contributed by atoms with Gasteiger partial charge in [0.2, 0.25) is 0 Å². The third kappa shape index (κ3) is 3.43. The van der Waals surface area contributed by atoms with Crippen LogP contribution in [0.3, 0.4) is 0 Å². The number of thiocarbonyl (C=S) groups is 1. The van der Waals surface area contributed by atoms with E-state index in [2.05, 4.69) is 17.1 Å². The maximum absolute atomic E-state index is 12.5. The molecule has 2 aromatic rings. The lowest BCUT2D eigenvalue weighted by Gasteiger charge is -2.14. The highest BCUT2D eigenvalue weighted by Gasteiger charge is 2.31. The van der Waals surface area contributed by atoms with Crippen molar-refractivity contribution in [3.05, 3.63) is 70.9 Å². The van der Waals surface area contributed by atoms with Gasteiger partial charge in [0.05, 0.1) is 4.91 Å². The lowest BCUT2D eigenvalue weighted by Crippen LogP contribution is -2.30. The lowest BCUT2D eigenvalue weighted by atomic mass is 10.1. The van der Waals surface area contributed by atoms with E-state index in [9.17, 15) is 4.79 Å². The third-order valence-electron chi connectivity index (χ3n) is 3.34. The van der Waals surface area contributed by atoms with Gasteiger partial charge in [-0.25, -0.2) is 0 Å². The van der Waals surface area contributed by atoms with Crippen molar-refractivity contribution >= 4 is 40.3 Å². The van der Waals surface area contributed by atoms with E-state index in [0.717, 1.165) is 12.0 Å². The molecule has 1 aromatic heterocycles. The molecular weight excluding hydrogens is 312 g/mol. The summed E-state index contributed by atoms with van der Waals surface area (Å²) in [6.45, 7) is 0.613. The maximum Gasteiger partial charge on any atom is 0.266 e. The number of carbonyl (C=O) groups excluding carboxylic acids is 1. The Balaban J connectivity index is 1.71. The predicted molar refractivity (Wildman–Crippen MR) is 94.3 cm³/mol. The molecule has 0 atom stereocenters. The van der Waals surface area contributed by atoms with Gasteiger partial charge in [-0.15, -0.1) is 0 Å². The van der Waals surface area contributed by atoms with Crippen LogP contribution in [0.2, 0.25) is 0 Å². The molecule has 1 saturated heterocycles. The van der Waals surface area contributed by atoms with Crippen LogP contribution in [0.4, 0.5) is 0 Å². The number of rotatable bonds is 4. The van der Waals surface area contributed by atoms with Crippen LogP contribution >= 0.6 is 24.0 Å². The Morgan fingerprint density at radius 1 is 1.14 bits per heavy atom. The number of benzene rings is 1. The summed E-state index contributed by atoms with van der Waals surface area (Å²) in [6, 6.07) is 13.9. The van der Waals surface area contributed by atoms with Gasteiger partial charge in [0.15, 0.2) is 0 Å². The minimum atomic E-state index is -0.0113. The van der Waals surface area contributed by atoms with Crippen LogP contribution in [0.15, 0.2) is 59.8 Å². The van der Waals surface area contributed by atoms with Crippen LogP contribution in [-0.2, 0) is 11.2 Å². The molecule has 0 aliphatic carbocycles. The Morgan fingerprint density at radius 3 is 2.59 bits per heavy atom. The molecule has 1 aliphatic rings. The van der Waals surface area contributed by atoms with Crippen molar-refractivity contribution in [3.63, 3.8) is 0 Å². The highest BCUT2D eigenvalue weighted by atomic mass is 32.2. The molecule has 0 N–H and O–H groups in total. The van der Waals surface area contributed by atoms with Gasteiger partial charge in [-0.1, -0.05) is 54.3 Å². The first-order valence-corrected chi connectivity index (χ1v) is 8.16. The van der Waals surface area contributed by atoms with Crippen molar-refractivity contribution in [3.8, 4) is 0 Å². The summed E-state index contributed by atoms with van der Waals surface area (Å²) in [5, 5.41) is 0. The van der Waals surface area contributed by atoms with Crippen molar-refractivity contribution < 1.29 is 4.79 Å². The second kappa shape index (κ2) is 6.85. The van der Waals surface area contributed by atoms with E-state index >= 15 is 0 Å². The Hall–Kier alpha value is -1.98. The summed E-state index contributed by atoms with van der Waals surface area (Å²) in [6.07, 6.45) is 6.09. The molecule has 1 aromatic carbocycles. The zero-order valence-corrected chi connectivity index (χ0v) is 13.4. The van der Waals surface area contributed by atoms with Crippen LogP contribution in [0.5, 0.6) is 0 Å². The van der Waals surface area contributed by atoms with Crippen molar-refractivity contribution in [2.24, 2.45) is 0 Å². The molecular formula is C17H14N2OS2. The number of aromatic nitrogens is 1. The molecule has 1 amide bonds. The average Bonchev–Trinajstić information content (AvgIpc) is 2.81. The van der Waals surface area contributed by atoms with E-state index < -0.39 is 0 Å². The van der Waals surface area contributed by atoms with Gasteiger partial charge in [-0.05, 0) is 35.8 Å². The van der Waals surface area contributed by atoms with Crippen molar-refractivity contribution in [1.29, 1.82) is 0 Å². The van der Waals surface area contributed by atoms with Gasteiger partial charge in [0.25, 0.3) is 5.91 Å². The molecule has 0 unspecified atom stereocenters. The van der Waals surface area contributed by atoms with Gasteiger partial charge in [-0.3, -0.25) is 14.7 Å². The molecule has 1 fully saturated rings. The van der Waals surface area contributed by atoms with Gasteiger partial charge in [0, 0.05) is 18.9 Å². The van der Waals surface area contributed by atoms with Crippen molar-refractivity contribution in [2.45, 2.75) is 6.42 Å². The lowest BCUT2D eigenvalue weighted by molar-refractivity contribution is -0.122. The smallest absolute Gasteiger partial charge is 0.266 e. The fourth-order valence-corrected chi connectivity index (χ4v) is 3.50. The van der Waals surface area contributed by atoms with Crippen LogP contribution in [0.1, 0.15) is 11.1 Å². The van der Waals surface area contributed by atoms with Crippen LogP contribution in [0, 0.1) is 0 Å². The first kappa shape index (κ1) is 14.9. The molecule has 0 saturated carbocycles. The first-order chi connectivity index (χ1) is 10.7. The number of hydrogen-bond donors (Lipinski definition) is 0. The minimum absolute atomic E-state index is 0.0113. The normalized spacial score (nSPS) is 16.5. The molecule has 5 heteroatoms. The maximum atomic E-state index is 12.5. The summed E-state index contributed by atoms with van der Waals surface area (Å²) in [5.74, 6) is -0.0113. The fourth-order valence-electron chi connectivity index (χ4n) is 2.19. The highest BCUT2D eigenvalue weighted by molar-refractivity contribution is 8.26. The molecule has 110 valence electrons. The van der Waals surface area contributed by atoms with Gasteiger partial charge in [-0.2, -0.15) is 0 Å². The van der Waals surface area contributed by atoms with E-state index in [0.29, 0.717) is 15.8 Å². The quantitative estimate of drug-likeness (QED) is 0.636. The molecule has 3 nitrogen and oxygen atoms in total. The molecule has 0 bridgehead atoms. The summed E-state index contributed by atoms with van der Waals surface area (Å²) >= 11 is 6.70. The second-order valence-electron chi connectivity index (χ2n) is 4.85. The topological polar surface area (TPSA) is 33.2 Å². The van der Waals surface area contributed by atoms with E-state index in [1.807, 2.05) is 36.4 Å². The summed E-state index contributed by atoms with van der Waals surface area (Å²) in [4.78, 5) is 18.8. The average molecular weight is 326 g/mol. The van der Waals surface area contributed by atoms with E-state index in [4.69, 9.17) is 12.2 Å². The monoisotopic (exact) mass is 326 g/mol.